The zero-order valence-electron chi connectivity index (χ0n) is 12.7. The number of carbonyl (C=O) groups is 1. The average molecular weight is 348 g/mol. The predicted octanol–water partition coefficient (Wildman–Crippen LogP) is 3.44. The fraction of sp³-hybridized carbons (Fsp3) is 0.118. The number of aliphatic carboxylic acids is 1. The van der Waals surface area contributed by atoms with E-state index in [9.17, 15) is 18.3 Å². The summed E-state index contributed by atoms with van der Waals surface area (Å²) in [5.41, 5.74) is 1.34. The Kier molecular flexibility index (Phi) is 5.28. The largest absolute Gasteiger partial charge is 0.478 e. The molecule has 0 spiro atoms. The van der Waals surface area contributed by atoms with Gasteiger partial charge in [0.25, 0.3) is 0 Å². The number of hydrogen-bond acceptors (Lipinski definition) is 4. The molecule has 6 heteroatoms. The van der Waals surface area contributed by atoms with Crippen LogP contribution in [0, 0.1) is 0 Å². The Labute approximate surface area is 139 Å². The van der Waals surface area contributed by atoms with Gasteiger partial charge in [-0.15, -0.1) is 11.8 Å². The summed E-state index contributed by atoms with van der Waals surface area (Å²) in [6.07, 6.45) is 4.65. The number of hydrogen-bond donors (Lipinski definition) is 1. The van der Waals surface area contributed by atoms with E-state index in [1.54, 1.807) is 17.8 Å². The van der Waals surface area contributed by atoms with Crippen LogP contribution in [-0.2, 0) is 14.6 Å². The van der Waals surface area contributed by atoms with E-state index >= 15 is 0 Å². The molecule has 4 nitrogen and oxygen atoms in total. The van der Waals surface area contributed by atoms with Crippen LogP contribution in [0.1, 0.15) is 11.1 Å². The summed E-state index contributed by atoms with van der Waals surface area (Å²) in [6.45, 7) is 0. The van der Waals surface area contributed by atoms with Crippen molar-refractivity contribution in [2.45, 2.75) is 9.79 Å². The van der Waals surface area contributed by atoms with E-state index in [-0.39, 0.29) is 10.5 Å². The van der Waals surface area contributed by atoms with Crippen molar-refractivity contribution in [2.24, 2.45) is 0 Å². The van der Waals surface area contributed by atoms with Crippen molar-refractivity contribution in [3.05, 3.63) is 59.7 Å². The van der Waals surface area contributed by atoms with Crippen LogP contribution < -0.4 is 0 Å². The molecule has 1 N–H and O–H groups in total. The van der Waals surface area contributed by atoms with Gasteiger partial charge in [0, 0.05) is 11.2 Å². The summed E-state index contributed by atoms with van der Waals surface area (Å²) in [6, 6.07) is 13.4. The molecule has 0 aliphatic heterocycles. The lowest BCUT2D eigenvalue weighted by atomic mass is 10.0. The van der Waals surface area contributed by atoms with Gasteiger partial charge < -0.3 is 5.11 Å². The minimum absolute atomic E-state index is 0.113. The fourth-order valence-electron chi connectivity index (χ4n) is 2.02. The maximum absolute atomic E-state index is 11.5. The maximum Gasteiger partial charge on any atom is 0.336 e. The van der Waals surface area contributed by atoms with E-state index < -0.39 is 15.8 Å². The smallest absolute Gasteiger partial charge is 0.336 e. The molecule has 0 unspecified atom stereocenters. The first kappa shape index (κ1) is 17.3. The molecule has 2 aromatic rings. The highest BCUT2D eigenvalue weighted by molar-refractivity contribution is 7.98. The lowest BCUT2D eigenvalue weighted by Crippen LogP contribution is -2.01. The second kappa shape index (κ2) is 7.02. The van der Waals surface area contributed by atoms with Crippen molar-refractivity contribution in [3.8, 4) is 0 Å². The van der Waals surface area contributed by atoms with Crippen molar-refractivity contribution >= 4 is 39.2 Å². The van der Waals surface area contributed by atoms with Gasteiger partial charge in [-0.05, 0) is 47.7 Å². The van der Waals surface area contributed by atoms with Crippen LogP contribution in [0.4, 0.5) is 0 Å². The Morgan fingerprint density at radius 1 is 1.04 bits per heavy atom. The average Bonchev–Trinajstić information content (AvgIpc) is 2.52. The maximum atomic E-state index is 11.5. The SMILES string of the molecule is CSc1ccc(/C=C(/C(=O)O)c2ccc(S(C)(=O)=O)cc2)cc1. The topological polar surface area (TPSA) is 71.4 Å². The zero-order chi connectivity index (χ0) is 17.0. The third kappa shape index (κ3) is 4.46. The van der Waals surface area contributed by atoms with E-state index in [2.05, 4.69) is 0 Å². The first-order valence-electron chi connectivity index (χ1n) is 6.71. The number of thioether (sulfide) groups is 1. The highest BCUT2D eigenvalue weighted by atomic mass is 32.2. The molecule has 0 fully saturated rings. The molecule has 23 heavy (non-hydrogen) atoms. The molecule has 2 aromatic carbocycles. The van der Waals surface area contributed by atoms with Crippen LogP contribution in [0.5, 0.6) is 0 Å². The molecular formula is C17H16O4S2. The van der Waals surface area contributed by atoms with E-state index in [4.69, 9.17) is 0 Å². The summed E-state index contributed by atoms with van der Waals surface area (Å²) >= 11 is 1.61. The molecule has 2 rings (SSSR count). The summed E-state index contributed by atoms with van der Waals surface area (Å²) in [7, 11) is -3.30. The Morgan fingerprint density at radius 3 is 2.04 bits per heavy atom. The lowest BCUT2D eigenvalue weighted by molar-refractivity contribution is -0.130. The van der Waals surface area contributed by atoms with Gasteiger partial charge in [0.15, 0.2) is 9.84 Å². The standard InChI is InChI=1S/C17H16O4S2/c1-22-14-7-3-12(4-8-14)11-16(17(18)19)13-5-9-15(10-6-13)23(2,20)21/h3-11H,1-2H3,(H,18,19)/b16-11+. The molecule has 0 atom stereocenters. The highest BCUT2D eigenvalue weighted by Crippen LogP contribution is 2.22. The van der Waals surface area contributed by atoms with E-state index in [0.717, 1.165) is 16.7 Å². The van der Waals surface area contributed by atoms with E-state index in [0.29, 0.717) is 5.56 Å². The molecule has 120 valence electrons. The zero-order valence-corrected chi connectivity index (χ0v) is 14.3. The summed E-state index contributed by atoms with van der Waals surface area (Å²) < 4.78 is 22.9. The van der Waals surface area contributed by atoms with Gasteiger partial charge in [-0.1, -0.05) is 24.3 Å². The quantitative estimate of drug-likeness (QED) is 0.509. The van der Waals surface area contributed by atoms with Gasteiger partial charge in [0.2, 0.25) is 0 Å². The van der Waals surface area contributed by atoms with Crippen LogP contribution >= 0.6 is 11.8 Å². The van der Waals surface area contributed by atoms with Crippen LogP contribution in [-0.4, -0.2) is 32.0 Å². The van der Waals surface area contributed by atoms with Crippen molar-refractivity contribution in [1.82, 2.24) is 0 Å². The van der Waals surface area contributed by atoms with Gasteiger partial charge in [-0.25, -0.2) is 13.2 Å². The van der Waals surface area contributed by atoms with Gasteiger partial charge >= 0.3 is 5.97 Å². The summed E-state index contributed by atoms with van der Waals surface area (Å²) in [4.78, 5) is 12.8. The van der Waals surface area contributed by atoms with Crippen molar-refractivity contribution < 1.29 is 18.3 Å². The molecule has 0 radical (unpaired) electrons. The van der Waals surface area contributed by atoms with Crippen LogP contribution in [0.25, 0.3) is 11.6 Å². The van der Waals surface area contributed by atoms with Crippen molar-refractivity contribution in [1.29, 1.82) is 0 Å². The van der Waals surface area contributed by atoms with Gasteiger partial charge in [0.1, 0.15) is 0 Å². The Hall–Kier alpha value is -2.05. The van der Waals surface area contributed by atoms with Gasteiger partial charge in [-0.2, -0.15) is 0 Å². The molecule has 0 aromatic heterocycles. The highest BCUT2D eigenvalue weighted by Gasteiger charge is 2.12. The first-order chi connectivity index (χ1) is 10.8. The number of rotatable bonds is 5. The first-order valence-corrected chi connectivity index (χ1v) is 9.82. The molecule has 0 saturated heterocycles. The van der Waals surface area contributed by atoms with E-state index in [1.807, 2.05) is 30.5 Å². The molecule has 0 aliphatic carbocycles. The molecule has 0 saturated carbocycles. The minimum Gasteiger partial charge on any atom is -0.478 e. The van der Waals surface area contributed by atoms with Crippen LogP contribution in [0.15, 0.2) is 58.3 Å². The van der Waals surface area contributed by atoms with Crippen LogP contribution in [0.3, 0.4) is 0 Å². The lowest BCUT2D eigenvalue weighted by Gasteiger charge is -2.05. The molecular weight excluding hydrogens is 332 g/mol. The van der Waals surface area contributed by atoms with Gasteiger partial charge in [0.05, 0.1) is 10.5 Å². The Bertz CT molecular complexity index is 833. The Morgan fingerprint density at radius 2 is 1.61 bits per heavy atom. The second-order valence-electron chi connectivity index (χ2n) is 4.93. The number of carboxylic acids is 1. The normalized spacial score (nSPS) is 12.2. The number of sulfone groups is 1. The molecule has 0 amide bonds. The van der Waals surface area contributed by atoms with E-state index in [1.165, 1.54) is 24.3 Å². The number of benzene rings is 2. The second-order valence-corrected chi connectivity index (χ2v) is 7.83. The summed E-state index contributed by atoms with van der Waals surface area (Å²) in [5, 5.41) is 9.43. The third-order valence-corrected chi connectivity index (χ3v) is 5.12. The predicted molar refractivity (Wildman–Crippen MR) is 93.3 cm³/mol. The molecule has 0 aliphatic rings. The Balaban J connectivity index is 2.41. The summed E-state index contributed by atoms with van der Waals surface area (Å²) in [5.74, 6) is -1.06. The monoisotopic (exact) mass is 348 g/mol. The fourth-order valence-corrected chi connectivity index (χ4v) is 3.06. The minimum atomic E-state index is -3.30. The van der Waals surface area contributed by atoms with Crippen molar-refractivity contribution in [2.75, 3.05) is 12.5 Å². The molecule has 0 bridgehead atoms. The van der Waals surface area contributed by atoms with Crippen molar-refractivity contribution in [3.63, 3.8) is 0 Å². The third-order valence-electron chi connectivity index (χ3n) is 3.25. The van der Waals surface area contributed by atoms with Crippen LogP contribution in [0.2, 0.25) is 0 Å². The molecule has 0 heterocycles. The number of carboxylic acid groups (broad SMARTS) is 1. The van der Waals surface area contributed by atoms with Gasteiger partial charge in [-0.3, -0.25) is 0 Å².